The third kappa shape index (κ3) is 4.68. The maximum Gasteiger partial charge on any atom is 0.446 e. The molecular weight excluding hydrogens is 285 g/mol. The summed E-state index contributed by atoms with van der Waals surface area (Å²) in [6, 6.07) is 6.59. The van der Waals surface area contributed by atoms with Gasteiger partial charge < -0.3 is 5.73 Å². The summed E-state index contributed by atoms with van der Waals surface area (Å²) in [6.07, 6.45) is 2.53. The fourth-order valence-electron chi connectivity index (χ4n) is 2.30. The number of nitrogens with two attached hydrogens (primary N) is 1. The molecule has 112 valence electrons. The summed E-state index contributed by atoms with van der Waals surface area (Å²) in [5.74, 6) is 0.758. The molecule has 2 nitrogen and oxygen atoms in total. The molecule has 2 N–H and O–H groups in total. The van der Waals surface area contributed by atoms with Crippen LogP contribution < -0.4 is 5.73 Å². The lowest BCUT2D eigenvalue weighted by Gasteiger charge is -2.27. The van der Waals surface area contributed by atoms with E-state index >= 15 is 0 Å². The van der Waals surface area contributed by atoms with E-state index in [1.54, 1.807) is 12.1 Å². The average Bonchev–Trinajstić information content (AvgIpc) is 3.14. The van der Waals surface area contributed by atoms with Gasteiger partial charge in [-0.3, -0.25) is 4.90 Å². The molecule has 1 aliphatic rings. The lowest BCUT2D eigenvalue weighted by atomic mass is 10.1. The Kier molecular flexibility index (Phi) is 4.99. The molecule has 0 radical (unpaired) electrons. The van der Waals surface area contributed by atoms with Crippen molar-refractivity contribution in [2.45, 2.75) is 29.3 Å². The van der Waals surface area contributed by atoms with Gasteiger partial charge in [0, 0.05) is 24.0 Å². The zero-order valence-electron chi connectivity index (χ0n) is 11.4. The fraction of sp³-hybridized carbons (Fsp3) is 0.571. The van der Waals surface area contributed by atoms with Crippen LogP contribution in [0.5, 0.6) is 0 Å². The SMILES string of the molecule is CN(CC1CC1)C(CN)c1ccc(SC(F)(F)F)cc1. The van der Waals surface area contributed by atoms with Crippen molar-refractivity contribution in [3.8, 4) is 0 Å². The molecule has 1 aromatic rings. The molecule has 1 saturated carbocycles. The smallest absolute Gasteiger partial charge is 0.329 e. The molecule has 20 heavy (non-hydrogen) atoms. The predicted octanol–water partition coefficient (Wildman–Crippen LogP) is 3.64. The molecule has 2 rings (SSSR count). The van der Waals surface area contributed by atoms with Crippen LogP contribution in [0, 0.1) is 5.92 Å². The van der Waals surface area contributed by atoms with Gasteiger partial charge in [0.05, 0.1) is 0 Å². The summed E-state index contributed by atoms with van der Waals surface area (Å²) in [6.45, 7) is 1.47. The maximum atomic E-state index is 12.3. The van der Waals surface area contributed by atoms with Gasteiger partial charge in [0.2, 0.25) is 0 Å². The minimum Gasteiger partial charge on any atom is -0.329 e. The first-order valence-electron chi connectivity index (χ1n) is 6.65. The van der Waals surface area contributed by atoms with E-state index in [1.807, 2.05) is 7.05 Å². The third-order valence-corrected chi connectivity index (χ3v) is 4.24. The minimum atomic E-state index is -4.24. The molecule has 6 heteroatoms. The van der Waals surface area contributed by atoms with Crippen LogP contribution >= 0.6 is 11.8 Å². The van der Waals surface area contributed by atoms with Crippen LogP contribution in [-0.2, 0) is 0 Å². The van der Waals surface area contributed by atoms with Crippen molar-refractivity contribution in [3.05, 3.63) is 29.8 Å². The van der Waals surface area contributed by atoms with Crippen LogP contribution in [0.2, 0.25) is 0 Å². The molecule has 1 fully saturated rings. The van der Waals surface area contributed by atoms with Crippen LogP contribution in [0.25, 0.3) is 0 Å². The summed E-state index contributed by atoms with van der Waals surface area (Å²) >= 11 is -0.0870. The molecule has 0 spiro atoms. The van der Waals surface area contributed by atoms with Gasteiger partial charge in [-0.05, 0) is 55.3 Å². The fourth-order valence-corrected chi connectivity index (χ4v) is 2.84. The van der Waals surface area contributed by atoms with Crippen LogP contribution in [0.4, 0.5) is 13.2 Å². The number of nitrogens with zero attached hydrogens (tertiary/aromatic N) is 1. The molecular formula is C14H19F3N2S. The highest BCUT2D eigenvalue weighted by Gasteiger charge is 2.29. The first kappa shape index (κ1) is 15.7. The van der Waals surface area contributed by atoms with E-state index in [1.165, 1.54) is 25.0 Å². The van der Waals surface area contributed by atoms with Crippen molar-refractivity contribution in [2.75, 3.05) is 20.1 Å². The van der Waals surface area contributed by atoms with E-state index < -0.39 is 5.51 Å². The van der Waals surface area contributed by atoms with Gasteiger partial charge >= 0.3 is 5.51 Å². The lowest BCUT2D eigenvalue weighted by molar-refractivity contribution is -0.0328. The standard InChI is InChI=1S/C14H19F3N2S/c1-19(9-10-2-3-10)13(8-18)11-4-6-12(7-5-11)20-14(15,16)17/h4-7,10,13H,2-3,8-9,18H2,1H3. The maximum absolute atomic E-state index is 12.3. The number of benzene rings is 1. The third-order valence-electron chi connectivity index (χ3n) is 3.50. The molecule has 0 saturated heterocycles. The molecule has 1 atom stereocenters. The van der Waals surface area contributed by atoms with E-state index in [-0.39, 0.29) is 22.7 Å². The first-order valence-corrected chi connectivity index (χ1v) is 7.46. The van der Waals surface area contributed by atoms with E-state index in [0.29, 0.717) is 6.54 Å². The van der Waals surface area contributed by atoms with Crippen LogP contribution in [-0.4, -0.2) is 30.5 Å². The summed E-state index contributed by atoms with van der Waals surface area (Å²) in [4.78, 5) is 2.41. The van der Waals surface area contributed by atoms with Crippen molar-refractivity contribution >= 4 is 11.8 Å². The van der Waals surface area contributed by atoms with Crippen molar-refractivity contribution in [1.82, 2.24) is 4.90 Å². The predicted molar refractivity (Wildman–Crippen MR) is 75.5 cm³/mol. The number of alkyl halides is 3. The first-order chi connectivity index (χ1) is 9.39. The van der Waals surface area contributed by atoms with E-state index in [2.05, 4.69) is 4.90 Å². The van der Waals surface area contributed by atoms with E-state index in [4.69, 9.17) is 5.73 Å². The number of hydrogen-bond acceptors (Lipinski definition) is 3. The topological polar surface area (TPSA) is 29.3 Å². The largest absolute Gasteiger partial charge is 0.446 e. The quantitative estimate of drug-likeness (QED) is 0.814. The Hall–Kier alpha value is -0.720. The van der Waals surface area contributed by atoms with Gasteiger partial charge in [0.15, 0.2) is 0 Å². The molecule has 0 aliphatic heterocycles. The summed E-state index contributed by atoms with van der Waals surface area (Å²) < 4.78 is 36.8. The summed E-state index contributed by atoms with van der Waals surface area (Å²) in [5.41, 5.74) is 2.55. The monoisotopic (exact) mass is 304 g/mol. The Bertz CT molecular complexity index is 429. The van der Waals surface area contributed by atoms with Gasteiger partial charge in [-0.15, -0.1) is 0 Å². The zero-order valence-corrected chi connectivity index (χ0v) is 12.2. The molecule has 0 aromatic heterocycles. The van der Waals surface area contributed by atoms with Crippen molar-refractivity contribution in [1.29, 1.82) is 0 Å². The molecule has 1 aromatic carbocycles. The van der Waals surface area contributed by atoms with Crippen LogP contribution in [0.3, 0.4) is 0 Å². The highest BCUT2D eigenvalue weighted by atomic mass is 32.2. The molecule has 1 aliphatic carbocycles. The Labute approximate surface area is 121 Å². The highest BCUT2D eigenvalue weighted by molar-refractivity contribution is 8.00. The number of hydrogen-bond donors (Lipinski definition) is 1. The molecule has 1 unspecified atom stereocenters. The van der Waals surface area contributed by atoms with Crippen LogP contribution in [0.15, 0.2) is 29.2 Å². The number of rotatable bonds is 6. The number of thioether (sulfide) groups is 1. The van der Waals surface area contributed by atoms with Gasteiger partial charge in [0.25, 0.3) is 0 Å². The second-order valence-corrected chi connectivity index (χ2v) is 6.39. The second kappa shape index (κ2) is 6.37. The summed E-state index contributed by atoms with van der Waals surface area (Å²) in [5, 5.41) is 0. The normalized spacial score (nSPS) is 17.5. The Morgan fingerprint density at radius 2 is 1.90 bits per heavy atom. The van der Waals surface area contributed by atoms with Crippen molar-refractivity contribution in [3.63, 3.8) is 0 Å². The van der Waals surface area contributed by atoms with Gasteiger partial charge in [-0.1, -0.05) is 12.1 Å². The Balaban J connectivity index is 2.02. The molecule has 0 amide bonds. The van der Waals surface area contributed by atoms with E-state index in [9.17, 15) is 13.2 Å². The minimum absolute atomic E-state index is 0.0699. The Morgan fingerprint density at radius 1 is 1.30 bits per heavy atom. The second-order valence-electron chi connectivity index (χ2n) is 5.25. The number of halogens is 3. The lowest BCUT2D eigenvalue weighted by Crippen LogP contribution is -2.32. The van der Waals surface area contributed by atoms with E-state index in [0.717, 1.165) is 18.0 Å². The Morgan fingerprint density at radius 3 is 2.35 bits per heavy atom. The molecule has 0 heterocycles. The van der Waals surface area contributed by atoms with Crippen LogP contribution in [0.1, 0.15) is 24.4 Å². The highest BCUT2D eigenvalue weighted by Crippen LogP contribution is 2.37. The van der Waals surface area contributed by atoms with Crippen molar-refractivity contribution in [2.24, 2.45) is 11.7 Å². The van der Waals surface area contributed by atoms with Gasteiger partial charge in [0.1, 0.15) is 0 Å². The summed E-state index contributed by atoms with van der Waals surface area (Å²) in [7, 11) is 2.02. The van der Waals surface area contributed by atoms with Gasteiger partial charge in [-0.25, -0.2) is 0 Å². The number of likely N-dealkylation sites (N-methyl/N-ethyl adjacent to an activating group) is 1. The molecule has 0 bridgehead atoms. The average molecular weight is 304 g/mol. The van der Waals surface area contributed by atoms with Crippen molar-refractivity contribution < 1.29 is 13.2 Å². The van der Waals surface area contributed by atoms with Gasteiger partial charge in [-0.2, -0.15) is 13.2 Å². The zero-order chi connectivity index (χ0) is 14.8.